The summed E-state index contributed by atoms with van der Waals surface area (Å²) in [6.45, 7) is 1.17. The van der Waals surface area contributed by atoms with E-state index in [0.717, 1.165) is 10.4 Å². The van der Waals surface area contributed by atoms with E-state index in [2.05, 4.69) is 0 Å². The van der Waals surface area contributed by atoms with E-state index in [1.807, 2.05) is 0 Å². The largest absolute Gasteiger partial charge is 0.348 e. The molecule has 0 aliphatic heterocycles. The molecule has 0 saturated carbocycles. The molecule has 0 atom stereocenters. The van der Waals surface area contributed by atoms with E-state index in [0.29, 0.717) is 0 Å². The Morgan fingerprint density at radius 2 is 1.86 bits per heavy atom. The third kappa shape index (κ3) is 3.76. The van der Waals surface area contributed by atoms with Crippen molar-refractivity contribution in [1.29, 1.82) is 0 Å². The fourth-order valence-corrected chi connectivity index (χ4v) is 2.94. The minimum Gasteiger partial charge on any atom is -0.348 e. The van der Waals surface area contributed by atoms with Gasteiger partial charge >= 0.3 is 0 Å². The molecule has 0 aliphatic rings. The van der Waals surface area contributed by atoms with Crippen LogP contribution in [0.1, 0.15) is 5.56 Å². The van der Waals surface area contributed by atoms with E-state index in [-0.39, 0.29) is 28.6 Å². The molecular formula is C12H17N3O5S. The monoisotopic (exact) mass is 315 g/mol. The average molecular weight is 315 g/mol. The van der Waals surface area contributed by atoms with Gasteiger partial charge in [0.2, 0.25) is 15.9 Å². The molecule has 1 aromatic rings. The van der Waals surface area contributed by atoms with Gasteiger partial charge in [-0.2, -0.15) is 4.31 Å². The quantitative estimate of drug-likeness (QED) is 0.585. The molecule has 21 heavy (non-hydrogen) atoms. The van der Waals surface area contributed by atoms with Crippen LogP contribution < -0.4 is 0 Å². The lowest BCUT2D eigenvalue weighted by Gasteiger charge is -2.20. The van der Waals surface area contributed by atoms with Crippen LogP contribution in [0.3, 0.4) is 0 Å². The van der Waals surface area contributed by atoms with Crippen molar-refractivity contribution in [3.63, 3.8) is 0 Å². The summed E-state index contributed by atoms with van der Waals surface area (Å²) in [4.78, 5) is 22.9. The zero-order valence-electron chi connectivity index (χ0n) is 12.2. The Kier molecular flexibility index (Phi) is 5.02. The van der Waals surface area contributed by atoms with Crippen molar-refractivity contribution in [1.82, 2.24) is 9.21 Å². The molecule has 0 saturated heterocycles. The lowest BCUT2D eigenvalue weighted by molar-refractivity contribution is -0.385. The van der Waals surface area contributed by atoms with Crippen molar-refractivity contribution >= 4 is 21.6 Å². The number of rotatable bonds is 5. The zero-order chi connectivity index (χ0) is 16.4. The molecule has 0 N–H and O–H groups in total. The highest BCUT2D eigenvalue weighted by Crippen LogP contribution is 2.23. The molecule has 9 heteroatoms. The second-order valence-corrected chi connectivity index (χ2v) is 6.77. The second kappa shape index (κ2) is 6.19. The van der Waals surface area contributed by atoms with E-state index in [1.165, 1.54) is 45.1 Å². The maximum atomic E-state index is 12.4. The molecule has 1 amide bonds. The maximum absolute atomic E-state index is 12.4. The van der Waals surface area contributed by atoms with E-state index in [4.69, 9.17) is 0 Å². The Labute approximate surface area is 123 Å². The van der Waals surface area contributed by atoms with Crippen LogP contribution in [0.5, 0.6) is 0 Å². The summed E-state index contributed by atoms with van der Waals surface area (Å²) in [6.07, 6.45) is 0. The van der Waals surface area contributed by atoms with E-state index < -0.39 is 14.9 Å². The number of nitro benzene ring substituents is 1. The number of nitrogens with zero attached hydrogens (tertiary/aromatic N) is 3. The molecule has 116 valence electrons. The number of hydrogen-bond donors (Lipinski definition) is 0. The van der Waals surface area contributed by atoms with E-state index in [1.54, 1.807) is 0 Å². The van der Waals surface area contributed by atoms with Crippen molar-refractivity contribution in [3.8, 4) is 0 Å². The van der Waals surface area contributed by atoms with Crippen LogP contribution >= 0.6 is 0 Å². The minimum atomic E-state index is -3.88. The van der Waals surface area contributed by atoms with Crippen LogP contribution in [-0.2, 0) is 14.8 Å². The first kappa shape index (κ1) is 17.1. The molecule has 0 unspecified atom stereocenters. The highest BCUT2D eigenvalue weighted by Gasteiger charge is 2.26. The highest BCUT2D eigenvalue weighted by atomic mass is 32.2. The maximum Gasteiger partial charge on any atom is 0.269 e. The fourth-order valence-electron chi connectivity index (χ4n) is 1.62. The molecule has 0 bridgehead atoms. The summed E-state index contributed by atoms with van der Waals surface area (Å²) in [7, 11) is 0.467. The molecule has 0 fully saturated rings. The Morgan fingerprint density at radius 3 is 2.29 bits per heavy atom. The van der Waals surface area contributed by atoms with Gasteiger partial charge in [0.1, 0.15) is 0 Å². The number of amides is 1. The molecule has 0 spiro atoms. The van der Waals surface area contributed by atoms with Gasteiger partial charge in [0.05, 0.1) is 16.4 Å². The Balaban J connectivity index is 3.13. The topological polar surface area (TPSA) is 101 Å². The Bertz CT molecular complexity index is 669. The first-order chi connectivity index (χ1) is 9.57. The summed E-state index contributed by atoms with van der Waals surface area (Å²) < 4.78 is 25.7. The van der Waals surface area contributed by atoms with Crippen molar-refractivity contribution in [3.05, 3.63) is 33.9 Å². The normalized spacial score (nSPS) is 11.5. The number of carbonyl (C=O) groups excluding carboxylic acids is 1. The van der Waals surface area contributed by atoms with Crippen LogP contribution in [0.2, 0.25) is 0 Å². The van der Waals surface area contributed by atoms with Gasteiger partial charge < -0.3 is 4.90 Å². The second-order valence-electron chi connectivity index (χ2n) is 4.76. The lowest BCUT2D eigenvalue weighted by Crippen LogP contribution is -2.37. The van der Waals surface area contributed by atoms with E-state index in [9.17, 15) is 23.3 Å². The SMILES string of the molecule is Cc1cc([N+](=O)[O-])ccc1S(=O)(=O)N(C)CC(=O)N(C)C. The van der Waals surface area contributed by atoms with Gasteiger partial charge in [0.15, 0.2) is 0 Å². The van der Waals surface area contributed by atoms with Crippen molar-refractivity contribution in [2.24, 2.45) is 0 Å². The van der Waals surface area contributed by atoms with Gasteiger partial charge in [-0.1, -0.05) is 0 Å². The van der Waals surface area contributed by atoms with Gasteiger partial charge in [-0.3, -0.25) is 14.9 Å². The van der Waals surface area contributed by atoms with E-state index >= 15 is 0 Å². The van der Waals surface area contributed by atoms with Crippen molar-refractivity contribution in [2.45, 2.75) is 11.8 Å². The minimum absolute atomic E-state index is 0.0536. The van der Waals surface area contributed by atoms with Crippen LogP contribution in [0.15, 0.2) is 23.1 Å². The first-order valence-electron chi connectivity index (χ1n) is 5.99. The van der Waals surface area contributed by atoms with Crippen LogP contribution in [0.4, 0.5) is 5.69 Å². The van der Waals surface area contributed by atoms with Gasteiger partial charge in [-0.25, -0.2) is 8.42 Å². The number of likely N-dealkylation sites (N-methyl/N-ethyl adjacent to an activating group) is 2. The third-order valence-corrected chi connectivity index (χ3v) is 4.88. The first-order valence-corrected chi connectivity index (χ1v) is 7.43. The summed E-state index contributed by atoms with van der Waals surface area (Å²) in [5, 5.41) is 10.7. The number of carbonyl (C=O) groups is 1. The summed E-state index contributed by atoms with van der Waals surface area (Å²) in [6, 6.07) is 3.50. The molecule has 1 aromatic carbocycles. The molecule has 0 aliphatic carbocycles. The molecule has 0 heterocycles. The van der Waals surface area contributed by atoms with Crippen LogP contribution in [0, 0.1) is 17.0 Å². The smallest absolute Gasteiger partial charge is 0.269 e. The number of non-ortho nitro benzene ring substituents is 1. The van der Waals surface area contributed by atoms with Gasteiger partial charge in [-0.15, -0.1) is 0 Å². The zero-order valence-corrected chi connectivity index (χ0v) is 13.0. The Morgan fingerprint density at radius 1 is 1.29 bits per heavy atom. The number of sulfonamides is 1. The predicted molar refractivity (Wildman–Crippen MR) is 76.3 cm³/mol. The lowest BCUT2D eigenvalue weighted by atomic mass is 10.2. The number of aryl methyl sites for hydroxylation is 1. The van der Waals surface area contributed by atoms with Crippen LogP contribution in [0.25, 0.3) is 0 Å². The predicted octanol–water partition coefficient (Wildman–Crippen LogP) is 0.612. The highest BCUT2D eigenvalue weighted by molar-refractivity contribution is 7.89. The fraction of sp³-hybridized carbons (Fsp3) is 0.417. The summed E-state index contributed by atoms with van der Waals surface area (Å²) in [5.41, 5.74) is 0.0758. The standard InChI is InChI=1S/C12H17N3O5S/c1-9-7-10(15(17)18)5-6-11(9)21(19,20)14(4)8-12(16)13(2)3/h5-7H,8H2,1-4H3. The number of nitro groups is 1. The molecular weight excluding hydrogens is 298 g/mol. The molecule has 0 radical (unpaired) electrons. The van der Waals surface area contributed by atoms with Crippen molar-refractivity contribution < 1.29 is 18.1 Å². The average Bonchev–Trinajstić information content (AvgIpc) is 2.37. The van der Waals surface area contributed by atoms with Crippen LogP contribution in [-0.4, -0.2) is 56.1 Å². The molecule has 8 nitrogen and oxygen atoms in total. The summed E-state index contributed by atoms with van der Waals surface area (Å²) in [5.74, 6) is -0.361. The van der Waals surface area contributed by atoms with Crippen molar-refractivity contribution in [2.75, 3.05) is 27.7 Å². The molecule has 1 rings (SSSR count). The summed E-state index contributed by atoms with van der Waals surface area (Å²) >= 11 is 0. The number of hydrogen-bond acceptors (Lipinski definition) is 5. The van der Waals surface area contributed by atoms with Gasteiger partial charge in [-0.05, 0) is 18.6 Å². The Hall–Kier alpha value is -2.00. The van der Waals surface area contributed by atoms with Gasteiger partial charge in [0.25, 0.3) is 5.69 Å². The molecule has 0 aromatic heterocycles. The number of benzene rings is 1. The van der Waals surface area contributed by atoms with Gasteiger partial charge in [0, 0.05) is 33.3 Å². The third-order valence-electron chi connectivity index (χ3n) is 2.91.